The molecule has 0 aromatic heterocycles. The van der Waals surface area contributed by atoms with E-state index in [9.17, 15) is 0 Å². The molecule has 0 aliphatic carbocycles. The Morgan fingerprint density at radius 1 is 1.10 bits per heavy atom. The maximum absolute atomic E-state index is 5.76. The Bertz CT molecular complexity index is 548. The molecule has 2 heteroatoms. The van der Waals surface area contributed by atoms with E-state index in [1.807, 2.05) is 0 Å². The van der Waals surface area contributed by atoms with Crippen molar-refractivity contribution in [2.45, 2.75) is 33.1 Å². The van der Waals surface area contributed by atoms with Crippen LogP contribution in [-0.4, -0.2) is 13.2 Å². The molecule has 2 aromatic rings. The molecule has 0 fully saturated rings. The molecule has 2 rings (SSSR count). The second kappa shape index (κ2) is 7.72. The Balaban J connectivity index is 1.76. The van der Waals surface area contributed by atoms with Crippen molar-refractivity contribution in [2.24, 2.45) is 0 Å². The molecule has 0 aliphatic rings. The van der Waals surface area contributed by atoms with Gasteiger partial charge >= 0.3 is 0 Å². The lowest BCUT2D eigenvalue weighted by atomic mass is 9.99. The van der Waals surface area contributed by atoms with E-state index in [-0.39, 0.29) is 0 Å². The highest BCUT2D eigenvalue weighted by atomic mass is 16.5. The van der Waals surface area contributed by atoms with E-state index < -0.39 is 0 Å². The molecule has 1 unspecified atom stereocenters. The molecule has 0 radical (unpaired) electrons. The normalized spacial score (nSPS) is 12.0. The largest absolute Gasteiger partial charge is 0.492 e. The molecule has 112 valence electrons. The van der Waals surface area contributed by atoms with Crippen molar-refractivity contribution in [2.75, 3.05) is 18.5 Å². The van der Waals surface area contributed by atoms with Crippen LogP contribution in [0.15, 0.2) is 48.5 Å². The van der Waals surface area contributed by atoms with Crippen molar-refractivity contribution >= 4 is 5.69 Å². The first-order valence-corrected chi connectivity index (χ1v) is 7.72. The molecule has 0 saturated carbocycles. The van der Waals surface area contributed by atoms with E-state index in [0.29, 0.717) is 12.5 Å². The van der Waals surface area contributed by atoms with Crippen LogP contribution in [0.4, 0.5) is 5.69 Å². The van der Waals surface area contributed by atoms with E-state index in [1.54, 1.807) is 0 Å². The van der Waals surface area contributed by atoms with Gasteiger partial charge in [-0.2, -0.15) is 0 Å². The van der Waals surface area contributed by atoms with Gasteiger partial charge in [-0.15, -0.1) is 0 Å². The molecule has 0 amide bonds. The maximum Gasteiger partial charge on any atom is 0.119 e. The third kappa shape index (κ3) is 4.82. The van der Waals surface area contributed by atoms with Gasteiger partial charge in [-0.25, -0.2) is 0 Å². The van der Waals surface area contributed by atoms with Gasteiger partial charge in [-0.3, -0.25) is 0 Å². The number of nitrogens with one attached hydrogen (secondary N) is 1. The molecule has 0 spiro atoms. The van der Waals surface area contributed by atoms with Gasteiger partial charge < -0.3 is 10.1 Å². The minimum atomic E-state index is 0.613. The second-order valence-electron chi connectivity index (χ2n) is 5.52. The summed E-state index contributed by atoms with van der Waals surface area (Å²) in [5, 5.41) is 3.37. The number of benzene rings is 2. The third-order valence-electron chi connectivity index (χ3n) is 3.78. The fourth-order valence-corrected chi connectivity index (χ4v) is 2.25. The first-order valence-electron chi connectivity index (χ1n) is 7.72. The predicted octanol–water partition coefficient (Wildman–Crippen LogP) is 5.00. The van der Waals surface area contributed by atoms with Gasteiger partial charge in [0.15, 0.2) is 0 Å². The van der Waals surface area contributed by atoms with Gasteiger partial charge in [0, 0.05) is 12.2 Å². The van der Waals surface area contributed by atoms with Crippen LogP contribution in [0.5, 0.6) is 5.75 Å². The molecule has 2 aromatic carbocycles. The molecule has 0 heterocycles. The third-order valence-corrected chi connectivity index (χ3v) is 3.78. The maximum atomic E-state index is 5.76. The van der Waals surface area contributed by atoms with E-state index >= 15 is 0 Å². The number of aryl methyl sites for hydroxylation is 1. The smallest absolute Gasteiger partial charge is 0.119 e. The van der Waals surface area contributed by atoms with Crippen molar-refractivity contribution in [3.8, 4) is 5.75 Å². The van der Waals surface area contributed by atoms with Gasteiger partial charge in [0.2, 0.25) is 0 Å². The minimum Gasteiger partial charge on any atom is -0.492 e. The summed E-state index contributed by atoms with van der Waals surface area (Å²) in [5.74, 6) is 1.55. The summed E-state index contributed by atoms with van der Waals surface area (Å²) >= 11 is 0. The number of hydrogen-bond donors (Lipinski definition) is 1. The average molecular weight is 283 g/mol. The molecule has 1 atom stereocenters. The Labute approximate surface area is 128 Å². The van der Waals surface area contributed by atoms with Gasteiger partial charge in [0.25, 0.3) is 0 Å². The van der Waals surface area contributed by atoms with Crippen LogP contribution >= 0.6 is 0 Å². The molecule has 1 N–H and O–H groups in total. The van der Waals surface area contributed by atoms with Gasteiger partial charge in [0.1, 0.15) is 12.4 Å². The van der Waals surface area contributed by atoms with Crippen LogP contribution in [0.3, 0.4) is 0 Å². The number of rotatable bonds is 7. The van der Waals surface area contributed by atoms with E-state index in [0.717, 1.165) is 18.0 Å². The number of ether oxygens (including phenoxy) is 1. The van der Waals surface area contributed by atoms with Gasteiger partial charge in [-0.05, 0) is 54.7 Å². The quantitative estimate of drug-likeness (QED) is 0.722. The molecule has 0 bridgehead atoms. The highest BCUT2D eigenvalue weighted by molar-refractivity contribution is 5.45. The van der Waals surface area contributed by atoms with Crippen LogP contribution < -0.4 is 10.1 Å². The number of hydrogen-bond acceptors (Lipinski definition) is 2. The van der Waals surface area contributed by atoms with Gasteiger partial charge in [-0.1, -0.05) is 38.1 Å². The highest BCUT2D eigenvalue weighted by Gasteiger charge is 2.02. The van der Waals surface area contributed by atoms with Crippen LogP contribution in [-0.2, 0) is 0 Å². The summed E-state index contributed by atoms with van der Waals surface area (Å²) in [6, 6.07) is 16.8. The zero-order chi connectivity index (χ0) is 15.1. The summed E-state index contributed by atoms with van der Waals surface area (Å²) in [6.07, 6.45) is 1.17. The molecule has 0 saturated heterocycles. The SMILES string of the molecule is CCC(C)c1ccc(OCCNc2cccc(C)c2)cc1. The molecule has 21 heavy (non-hydrogen) atoms. The Hall–Kier alpha value is -1.96. The first kappa shape index (κ1) is 15.4. The molecule has 2 nitrogen and oxygen atoms in total. The lowest BCUT2D eigenvalue weighted by Gasteiger charge is -2.11. The fraction of sp³-hybridized carbons (Fsp3) is 0.368. The second-order valence-corrected chi connectivity index (χ2v) is 5.52. The zero-order valence-corrected chi connectivity index (χ0v) is 13.2. The van der Waals surface area contributed by atoms with Crippen molar-refractivity contribution in [3.63, 3.8) is 0 Å². The summed E-state index contributed by atoms with van der Waals surface area (Å²) in [7, 11) is 0. The lowest BCUT2D eigenvalue weighted by Crippen LogP contribution is -2.11. The van der Waals surface area contributed by atoms with Crippen LogP contribution in [0.2, 0.25) is 0 Å². The standard InChI is InChI=1S/C19H25NO/c1-4-16(3)17-8-10-19(11-9-17)21-13-12-20-18-7-5-6-15(2)14-18/h5-11,14,16,20H,4,12-13H2,1-3H3. The number of anilines is 1. The zero-order valence-electron chi connectivity index (χ0n) is 13.2. The first-order chi connectivity index (χ1) is 10.2. The summed E-state index contributed by atoms with van der Waals surface area (Å²) in [6.45, 7) is 8.03. The fourth-order valence-electron chi connectivity index (χ4n) is 2.25. The van der Waals surface area contributed by atoms with Crippen molar-refractivity contribution in [1.82, 2.24) is 0 Å². The van der Waals surface area contributed by atoms with Crippen LogP contribution in [0.25, 0.3) is 0 Å². The lowest BCUT2D eigenvalue weighted by molar-refractivity contribution is 0.332. The Kier molecular flexibility index (Phi) is 5.68. The van der Waals surface area contributed by atoms with Crippen LogP contribution in [0, 0.1) is 6.92 Å². The van der Waals surface area contributed by atoms with E-state index in [2.05, 4.69) is 74.6 Å². The summed E-state index contributed by atoms with van der Waals surface area (Å²) < 4.78 is 5.76. The average Bonchev–Trinajstić information content (AvgIpc) is 2.51. The van der Waals surface area contributed by atoms with Crippen molar-refractivity contribution < 1.29 is 4.74 Å². The monoisotopic (exact) mass is 283 g/mol. The highest BCUT2D eigenvalue weighted by Crippen LogP contribution is 2.21. The summed E-state index contributed by atoms with van der Waals surface area (Å²) in [4.78, 5) is 0. The van der Waals surface area contributed by atoms with Crippen LogP contribution in [0.1, 0.15) is 37.3 Å². The predicted molar refractivity (Wildman–Crippen MR) is 90.3 cm³/mol. The Morgan fingerprint density at radius 3 is 2.52 bits per heavy atom. The molecular formula is C19H25NO. The molecular weight excluding hydrogens is 258 g/mol. The molecule has 0 aliphatic heterocycles. The van der Waals surface area contributed by atoms with Crippen molar-refractivity contribution in [3.05, 3.63) is 59.7 Å². The van der Waals surface area contributed by atoms with Gasteiger partial charge in [0.05, 0.1) is 0 Å². The van der Waals surface area contributed by atoms with E-state index in [4.69, 9.17) is 4.74 Å². The minimum absolute atomic E-state index is 0.613. The summed E-state index contributed by atoms with van der Waals surface area (Å²) in [5.41, 5.74) is 3.79. The topological polar surface area (TPSA) is 21.3 Å². The Morgan fingerprint density at radius 2 is 1.86 bits per heavy atom. The van der Waals surface area contributed by atoms with E-state index in [1.165, 1.54) is 17.5 Å². The van der Waals surface area contributed by atoms with Crippen molar-refractivity contribution in [1.29, 1.82) is 0 Å².